The Labute approximate surface area is 104 Å². The molecule has 17 heavy (non-hydrogen) atoms. The van der Waals surface area contributed by atoms with Crippen LogP contribution in [0.3, 0.4) is 0 Å². The lowest BCUT2D eigenvalue weighted by Crippen LogP contribution is -2.09. The van der Waals surface area contributed by atoms with Gasteiger partial charge in [0.2, 0.25) is 0 Å². The van der Waals surface area contributed by atoms with E-state index in [1.165, 1.54) is 0 Å². The number of anilines is 1. The van der Waals surface area contributed by atoms with Crippen LogP contribution in [0.5, 0.6) is 0 Å². The van der Waals surface area contributed by atoms with Crippen LogP contribution in [0.15, 0.2) is 18.3 Å². The highest BCUT2D eigenvalue weighted by molar-refractivity contribution is 7.11. The largest absolute Gasteiger partial charge is 0.397 e. The number of nitrogen functional groups attached to an aromatic ring is 1. The van der Waals surface area contributed by atoms with Crippen molar-refractivity contribution in [3.63, 3.8) is 0 Å². The number of carbonyl (C=O) groups excluding carboxylic acids is 1. The topological polar surface area (TPSA) is 68.9 Å². The first-order valence-corrected chi connectivity index (χ1v) is 6.06. The summed E-state index contributed by atoms with van der Waals surface area (Å²) in [5.74, 6) is -0.0862. The number of nitrogens with zero attached hydrogens (tertiary/aromatic N) is 2. The van der Waals surface area contributed by atoms with E-state index < -0.39 is 0 Å². The van der Waals surface area contributed by atoms with E-state index in [1.54, 1.807) is 29.7 Å². The van der Waals surface area contributed by atoms with E-state index in [2.05, 4.69) is 9.97 Å². The molecular formula is C12H13N3OS. The summed E-state index contributed by atoms with van der Waals surface area (Å²) in [7, 11) is 0. The average Bonchev–Trinajstić information content (AvgIpc) is 2.58. The molecule has 0 radical (unpaired) electrons. The fourth-order valence-electron chi connectivity index (χ4n) is 1.49. The van der Waals surface area contributed by atoms with Crippen molar-refractivity contribution in [3.8, 4) is 0 Å². The fourth-order valence-corrected chi connectivity index (χ4v) is 2.42. The van der Waals surface area contributed by atoms with Crippen LogP contribution in [0, 0.1) is 13.8 Å². The number of aromatic nitrogens is 2. The number of rotatable bonds is 3. The Balaban J connectivity index is 2.20. The monoisotopic (exact) mass is 247 g/mol. The molecule has 0 aliphatic heterocycles. The molecule has 0 spiro atoms. The van der Waals surface area contributed by atoms with Gasteiger partial charge in [-0.05, 0) is 26.0 Å². The Morgan fingerprint density at radius 1 is 1.47 bits per heavy atom. The molecule has 2 heterocycles. The number of ketones is 1. The third-order valence-corrected chi connectivity index (χ3v) is 3.56. The molecule has 0 amide bonds. The van der Waals surface area contributed by atoms with E-state index in [-0.39, 0.29) is 12.2 Å². The number of carbonyl (C=O) groups is 1. The highest BCUT2D eigenvalue weighted by atomic mass is 32.1. The van der Waals surface area contributed by atoms with Crippen molar-refractivity contribution < 1.29 is 4.79 Å². The molecule has 88 valence electrons. The molecule has 0 bridgehead atoms. The van der Waals surface area contributed by atoms with Crippen LogP contribution in [0.2, 0.25) is 0 Å². The summed E-state index contributed by atoms with van der Waals surface area (Å²) in [4.78, 5) is 21.5. The molecule has 0 aromatic carbocycles. The van der Waals surface area contributed by atoms with Gasteiger partial charge in [-0.2, -0.15) is 0 Å². The maximum atomic E-state index is 12.0. The normalized spacial score (nSPS) is 10.5. The third-order valence-electron chi connectivity index (χ3n) is 2.49. The zero-order chi connectivity index (χ0) is 12.4. The van der Waals surface area contributed by atoms with Gasteiger partial charge in [-0.15, -0.1) is 11.3 Å². The molecule has 0 aliphatic rings. The number of pyridine rings is 1. The third kappa shape index (κ3) is 2.50. The quantitative estimate of drug-likeness (QED) is 0.844. The number of hydrogen-bond acceptors (Lipinski definition) is 5. The Morgan fingerprint density at radius 2 is 2.24 bits per heavy atom. The highest BCUT2D eigenvalue weighted by Gasteiger charge is 2.14. The second kappa shape index (κ2) is 4.63. The second-order valence-electron chi connectivity index (χ2n) is 3.79. The number of aryl methyl sites for hydroxylation is 2. The second-order valence-corrected chi connectivity index (χ2v) is 5.08. The average molecular weight is 247 g/mol. The molecule has 2 rings (SSSR count). The Kier molecular flexibility index (Phi) is 3.19. The summed E-state index contributed by atoms with van der Waals surface area (Å²) in [5, 5.41) is 0.815. The molecule has 2 aromatic heterocycles. The standard InChI is InChI=1S/C12H13N3OS/c1-7-8(2)17-11(15-7)6-10(16)12-9(13)4-3-5-14-12/h3-5H,6,13H2,1-2H3. The van der Waals surface area contributed by atoms with Gasteiger partial charge in [0.05, 0.1) is 17.8 Å². The summed E-state index contributed by atoms with van der Waals surface area (Å²) in [6.45, 7) is 3.94. The summed E-state index contributed by atoms with van der Waals surface area (Å²) < 4.78 is 0. The van der Waals surface area contributed by atoms with Gasteiger partial charge in [0, 0.05) is 11.1 Å². The van der Waals surface area contributed by atoms with E-state index in [0.717, 1.165) is 15.6 Å². The number of Topliss-reactive ketones (excluding diaryl/α,β-unsaturated/α-hetero) is 1. The number of thiazole rings is 1. The molecule has 5 heteroatoms. The van der Waals surface area contributed by atoms with Crippen LogP contribution in [-0.2, 0) is 6.42 Å². The predicted molar refractivity (Wildman–Crippen MR) is 68.3 cm³/mol. The Hall–Kier alpha value is -1.75. The molecule has 0 saturated carbocycles. The predicted octanol–water partition coefficient (Wildman–Crippen LogP) is 2.16. The van der Waals surface area contributed by atoms with Crippen molar-refractivity contribution in [2.24, 2.45) is 0 Å². The van der Waals surface area contributed by atoms with Gasteiger partial charge in [-0.3, -0.25) is 9.78 Å². The van der Waals surface area contributed by atoms with E-state index >= 15 is 0 Å². The molecule has 2 N–H and O–H groups in total. The van der Waals surface area contributed by atoms with E-state index in [4.69, 9.17) is 5.73 Å². The van der Waals surface area contributed by atoms with Gasteiger partial charge in [0.25, 0.3) is 0 Å². The molecule has 0 atom stereocenters. The minimum Gasteiger partial charge on any atom is -0.397 e. The molecule has 2 aromatic rings. The van der Waals surface area contributed by atoms with Gasteiger partial charge in [-0.25, -0.2) is 4.98 Å². The van der Waals surface area contributed by atoms with Crippen LogP contribution < -0.4 is 5.73 Å². The molecule has 4 nitrogen and oxygen atoms in total. The highest BCUT2D eigenvalue weighted by Crippen LogP contribution is 2.19. The first-order valence-electron chi connectivity index (χ1n) is 5.24. The van der Waals surface area contributed by atoms with Crippen molar-refractivity contribution >= 4 is 22.8 Å². The molecular weight excluding hydrogens is 234 g/mol. The zero-order valence-electron chi connectivity index (χ0n) is 9.73. The first kappa shape index (κ1) is 11.7. The van der Waals surface area contributed by atoms with Crippen LogP contribution in [-0.4, -0.2) is 15.8 Å². The minimum absolute atomic E-state index is 0.0862. The van der Waals surface area contributed by atoms with E-state index in [0.29, 0.717) is 11.4 Å². The lowest BCUT2D eigenvalue weighted by atomic mass is 10.2. The Morgan fingerprint density at radius 3 is 2.82 bits per heavy atom. The van der Waals surface area contributed by atoms with Crippen molar-refractivity contribution in [2.45, 2.75) is 20.3 Å². The van der Waals surface area contributed by atoms with E-state index in [1.807, 2.05) is 13.8 Å². The smallest absolute Gasteiger partial charge is 0.190 e. The lowest BCUT2D eigenvalue weighted by molar-refractivity contribution is 0.0989. The van der Waals surface area contributed by atoms with Crippen molar-refractivity contribution in [1.82, 2.24) is 9.97 Å². The summed E-state index contributed by atoms with van der Waals surface area (Å²) in [5.41, 5.74) is 7.44. The van der Waals surface area contributed by atoms with Crippen molar-refractivity contribution in [2.75, 3.05) is 5.73 Å². The minimum atomic E-state index is -0.0862. The van der Waals surface area contributed by atoms with Crippen LogP contribution in [0.1, 0.15) is 26.1 Å². The van der Waals surface area contributed by atoms with Gasteiger partial charge in [0.15, 0.2) is 5.78 Å². The zero-order valence-corrected chi connectivity index (χ0v) is 10.5. The maximum absolute atomic E-state index is 12.0. The van der Waals surface area contributed by atoms with Crippen molar-refractivity contribution in [1.29, 1.82) is 0 Å². The maximum Gasteiger partial charge on any atom is 0.190 e. The summed E-state index contributed by atoms with van der Waals surface area (Å²) in [6, 6.07) is 3.39. The first-order chi connectivity index (χ1) is 8.08. The summed E-state index contributed by atoms with van der Waals surface area (Å²) >= 11 is 1.54. The molecule has 0 aliphatic carbocycles. The van der Waals surface area contributed by atoms with Gasteiger partial charge >= 0.3 is 0 Å². The SMILES string of the molecule is Cc1nc(CC(=O)c2ncccc2N)sc1C. The van der Waals surface area contributed by atoms with E-state index in [9.17, 15) is 4.79 Å². The fraction of sp³-hybridized carbons (Fsp3) is 0.250. The van der Waals surface area contributed by atoms with Crippen LogP contribution in [0.4, 0.5) is 5.69 Å². The molecule has 0 fully saturated rings. The van der Waals surface area contributed by atoms with Gasteiger partial charge in [0.1, 0.15) is 10.7 Å². The van der Waals surface area contributed by atoms with Gasteiger partial charge in [-0.1, -0.05) is 0 Å². The van der Waals surface area contributed by atoms with Crippen LogP contribution >= 0.6 is 11.3 Å². The summed E-state index contributed by atoms with van der Waals surface area (Å²) in [6.07, 6.45) is 1.84. The molecule has 0 unspecified atom stereocenters. The van der Waals surface area contributed by atoms with Gasteiger partial charge < -0.3 is 5.73 Å². The lowest BCUT2D eigenvalue weighted by Gasteiger charge is -2.01. The van der Waals surface area contributed by atoms with Crippen molar-refractivity contribution in [3.05, 3.63) is 39.6 Å². The number of hydrogen-bond donors (Lipinski definition) is 1. The number of nitrogens with two attached hydrogens (primary N) is 1. The molecule has 0 saturated heterocycles. The Bertz CT molecular complexity index is 543. The van der Waals surface area contributed by atoms with Crippen LogP contribution in [0.25, 0.3) is 0 Å².